The maximum Gasteiger partial charge on any atom is 0.306 e. The molecule has 0 spiro atoms. The summed E-state index contributed by atoms with van der Waals surface area (Å²) in [6.45, 7) is 0. The third-order valence-electron chi connectivity index (χ3n) is 2.29. The van der Waals surface area contributed by atoms with Gasteiger partial charge < -0.3 is 10.1 Å². The van der Waals surface area contributed by atoms with Gasteiger partial charge in [0.25, 0.3) is 0 Å². The van der Waals surface area contributed by atoms with E-state index in [4.69, 9.17) is 0 Å². The van der Waals surface area contributed by atoms with E-state index in [9.17, 15) is 9.59 Å². The van der Waals surface area contributed by atoms with E-state index < -0.39 is 5.97 Å². The fraction of sp³-hybridized carbons (Fsp3) is 0.300. The van der Waals surface area contributed by atoms with Crippen LogP contribution in [-0.2, 0) is 14.3 Å². The molecule has 2 N–H and O–H groups in total. The van der Waals surface area contributed by atoms with Gasteiger partial charge >= 0.3 is 5.97 Å². The van der Waals surface area contributed by atoms with Gasteiger partial charge in [-0.25, -0.2) is 15.1 Å². The molecule has 0 aliphatic carbocycles. The van der Waals surface area contributed by atoms with Crippen LogP contribution in [-0.4, -0.2) is 49.6 Å². The molecule has 0 aliphatic rings. The molecular formula is C10H11N7O3. The molecule has 0 radical (unpaired) electrons. The summed E-state index contributed by atoms with van der Waals surface area (Å²) in [5, 5.41) is 15.6. The Bertz CT molecular complexity index is 581. The normalized spacial score (nSPS) is 10.1. The summed E-state index contributed by atoms with van der Waals surface area (Å²) in [4.78, 5) is 30.5. The zero-order valence-corrected chi connectivity index (χ0v) is 10.5. The van der Waals surface area contributed by atoms with Crippen LogP contribution in [0.2, 0.25) is 0 Å². The molecule has 20 heavy (non-hydrogen) atoms. The lowest BCUT2D eigenvalue weighted by molar-refractivity contribution is -0.141. The minimum absolute atomic E-state index is 0.0115. The predicted molar refractivity (Wildman–Crippen MR) is 65.1 cm³/mol. The number of nitrogens with zero attached hydrogens (tertiary/aromatic N) is 5. The van der Waals surface area contributed by atoms with E-state index in [1.807, 2.05) is 0 Å². The number of rotatable bonds is 5. The number of anilines is 1. The second kappa shape index (κ2) is 6.31. The number of nitrogens with one attached hydrogen (secondary N) is 2. The fourth-order valence-corrected chi connectivity index (χ4v) is 1.31. The smallest absolute Gasteiger partial charge is 0.306 e. The molecule has 10 heteroatoms. The molecule has 10 nitrogen and oxygen atoms in total. The van der Waals surface area contributed by atoms with Crippen LogP contribution in [0.1, 0.15) is 12.8 Å². The first-order valence-corrected chi connectivity index (χ1v) is 5.62. The van der Waals surface area contributed by atoms with Gasteiger partial charge in [0.2, 0.25) is 5.91 Å². The lowest BCUT2D eigenvalue weighted by atomic mass is 10.3. The van der Waals surface area contributed by atoms with E-state index >= 15 is 0 Å². The van der Waals surface area contributed by atoms with E-state index in [1.165, 1.54) is 19.5 Å². The third-order valence-corrected chi connectivity index (χ3v) is 2.29. The minimum atomic E-state index is -0.445. The van der Waals surface area contributed by atoms with Crippen molar-refractivity contribution < 1.29 is 14.3 Å². The van der Waals surface area contributed by atoms with Crippen LogP contribution in [0, 0.1) is 0 Å². The zero-order valence-electron chi connectivity index (χ0n) is 10.5. The molecule has 0 saturated heterocycles. The average molecular weight is 277 g/mol. The Hall–Kier alpha value is -2.91. The summed E-state index contributed by atoms with van der Waals surface area (Å²) in [5.41, 5.74) is 0.447. The number of hydrogen-bond acceptors (Lipinski definition) is 8. The summed E-state index contributed by atoms with van der Waals surface area (Å²) >= 11 is 0. The van der Waals surface area contributed by atoms with Gasteiger partial charge in [0.05, 0.1) is 25.9 Å². The van der Waals surface area contributed by atoms with Crippen molar-refractivity contribution in [3.8, 4) is 11.5 Å². The van der Waals surface area contributed by atoms with Gasteiger partial charge in [-0.05, 0) is 10.4 Å². The summed E-state index contributed by atoms with van der Waals surface area (Å²) in [5.74, 6) is -0.143. The quantitative estimate of drug-likeness (QED) is 0.701. The molecule has 2 heterocycles. The molecule has 1 amide bonds. The molecule has 0 fully saturated rings. The van der Waals surface area contributed by atoms with Crippen LogP contribution in [0.4, 0.5) is 5.82 Å². The van der Waals surface area contributed by atoms with E-state index in [0.29, 0.717) is 11.5 Å². The fourth-order valence-electron chi connectivity index (χ4n) is 1.31. The zero-order chi connectivity index (χ0) is 14.4. The summed E-state index contributed by atoms with van der Waals surface area (Å²) < 4.78 is 4.44. The molecule has 0 bridgehead atoms. The Kier molecular flexibility index (Phi) is 4.27. The standard InChI is InChI=1S/C10H11N7O3/c1-20-9(19)3-2-8(18)13-7-5-11-6(4-12-7)10-14-16-17-15-10/h4-5H,2-3H2,1H3,(H,12,13,18)(H,14,15,16,17). The van der Waals surface area contributed by atoms with Gasteiger partial charge in [-0.15, -0.1) is 5.10 Å². The lowest BCUT2D eigenvalue weighted by Crippen LogP contribution is -2.15. The molecule has 2 aromatic rings. The summed E-state index contributed by atoms with van der Waals surface area (Å²) in [6.07, 6.45) is 2.81. The summed E-state index contributed by atoms with van der Waals surface area (Å²) in [6, 6.07) is 0. The highest BCUT2D eigenvalue weighted by molar-refractivity contribution is 5.91. The van der Waals surface area contributed by atoms with Crippen LogP contribution in [0.3, 0.4) is 0 Å². The van der Waals surface area contributed by atoms with Crippen molar-refractivity contribution in [2.75, 3.05) is 12.4 Å². The number of esters is 1. The van der Waals surface area contributed by atoms with Crippen molar-refractivity contribution in [2.45, 2.75) is 12.8 Å². The van der Waals surface area contributed by atoms with Crippen LogP contribution in [0.5, 0.6) is 0 Å². The highest BCUT2D eigenvalue weighted by atomic mass is 16.5. The molecule has 2 aromatic heterocycles. The number of tetrazole rings is 1. The molecule has 104 valence electrons. The van der Waals surface area contributed by atoms with Crippen molar-refractivity contribution in [2.24, 2.45) is 0 Å². The number of carbonyl (C=O) groups is 2. The Balaban J connectivity index is 1.90. The lowest BCUT2D eigenvalue weighted by Gasteiger charge is -2.03. The van der Waals surface area contributed by atoms with Crippen molar-refractivity contribution in [1.29, 1.82) is 0 Å². The van der Waals surface area contributed by atoms with Crippen LogP contribution < -0.4 is 5.32 Å². The first-order valence-electron chi connectivity index (χ1n) is 5.62. The number of methoxy groups -OCH3 is 1. The highest BCUT2D eigenvalue weighted by Crippen LogP contribution is 2.10. The first-order chi connectivity index (χ1) is 9.69. The number of hydrogen-bond donors (Lipinski definition) is 2. The third kappa shape index (κ3) is 3.54. The topological polar surface area (TPSA) is 136 Å². The Labute approximate surface area is 113 Å². The van der Waals surface area contributed by atoms with Gasteiger partial charge in [0, 0.05) is 6.42 Å². The van der Waals surface area contributed by atoms with Gasteiger partial charge in [-0.2, -0.15) is 0 Å². The van der Waals surface area contributed by atoms with E-state index in [-0.39, 0.29) is 24.6 Å². The van der Waals surface area contributed by atoms with Gasteiger partial charge in [-0.3, -0.25) is 9.59 Å². The maximum absolute atomic E-state index is 11.5. The van der Waals surface area contributed by atoms with Gasteiger partial charge in [0.1, 0.15) is 5.69 Å². The van der Waals surface area contributed by atoms with E-state index in [0.717, 1.165) is 0 Å². The number of carbonyl (C=O) groups excluding carboxylic acids is 2. The van der Waals surface area contributed by atoms with Gasteiger partial charge in [-0.1, -0.05) is 0 Å². The SMILES string of the molecule is COC(=O)CCC(=O)Nc1cnc(-c2nnn[nH]2)cn1. The van der Waals surface area contributed by atoms with E-state index in [2.05, 4.69) is 40.6 Å². The average Bonchev–Trinajstić information content (AvgIpc) is 2.99. The molecule has 0 unspecified atom stereocenters. The molecule has 0 aliphatic heterocycles. The molecular weight excluding hydrogens is 266 g/mol. The summed E-state index contributed by atoms with van der Waals surface area (Å²) in [7, 11) is 1.27. The van der Waals surface area contributed by atoms with Crippen LogP contribution in [0.15, 0.2) is 12.4 Å². The first kappa shape index (κ1) is 13.5. The Morgan fingerprint density at radius 2 is 2.15 bits per heavy atom. The second-order valence-electron chi connectivity index (χ2n) is 3.66. The molecule has 2 rings (SSSR count). The van der Waals surface area contributed by atoms with Gasteiger partial charge in [0.15, 0.2) is 11.6 Å². The largest absolute Gasteiger partial charge is 0.469 e. The molecule has 0 aromatic carbocycles. The molecule has 0 saturated carbocycles. The van der Waals surface area contributed by atoms with Crippen molar-refractivity contribution in [1.82, 2.24) is 30.6 Å². The van der Waals surface area contributed by atoms with Crippen LogP contribution in [0.25, 0.3) is 11.5 Å². The number of H-pyrrole nitrogens is 1. The highest BCUT2D eigenvalue weighted by Gasteiger charge is 2.09. The van der Waals surface area contributed by atoms with Crippen molar-refractivity contribution in [3.05, 3.63) is 12.4 Å². The monoisotopic (exact) mass is 277 g/mol. The van der Waals surface area contributed by atoms with Crippen molar-refractivity contribution >= 4 is 17.7 Å². The van der Waals surface area contributed by atoms with Crippen molar-refractivity contribution in [3.63, 3.8) is 0 Å². The second-order valence-corrected chi connectivity index (χ2v) is 3.66. The number of aromatic nitrogens is 6. The number of ether oxygens (including phenoxy) is 1. The van der Waals surface area contributed by atoms with E-state index in [1.54, 1.807) is 0 Å². The Morgan fingerprint density at radius 3 is 2.75 bits per heavy atom. The van der Waals surface area contributed by atoms with Crippen LogP contribution >= 0.6 is 0 Å². The number of aromatic amines is 1. The predicted octanol–water partition coefficient (Wildman–Crippen LogP) is -0.452. The minimum Gasteiger partial charge on any atom is -0.469 e. The molecule has 0 atom stereocenters. The maximum atomic E-state index is 11.5. The Morgan fingerprint density at radius 1 is 1.30 bits per heavy atom. The number of amides is 1.